The van der Waals surface area contributed by atoms with Crippen molar-refractivity contribution in [1.29, 1.82) is 0 Å². The number of hydrogen-bond donors (Lipinski definition) is 1. The first-order valence-corrected chi connectivity index (χ1v) is 7.41. The number of rotatable bonds is 3. The summed E-state index contributed by atoms with van der Waals surface area (Å²) in [7, 11) is 0. The smallest absolute Gasteiger partial charge is 0.220 e. The minimum atomic E-state index is 0.226. The maximum Gasteiger partial charge on any atom is 0.220 e. The lowest BCUT2D eigenvalue weighted by Gasteiger charge is -2.21. The first kappa shape index (κ1) is 13.4. The average Bonchev–Trinajstić information content (AvgIpc) is 2.91. The third-order valence-electron chi connectivity index (χ3n) is 3.84. The zero-order valence-electron chi connectivity index (χ0n) is 11.3. The summed E-state index contributed by atoms with van der Waals surface area (Å²) in [6.07, 6.45) is 12.0. The predicted molar refractivity (Wildman–Crippen MR) is 79.3 cm³/mol. The van der Waals surface area contributed by atoms with Crippen LogP contribution in [0, 0.1) is 5.92 Å². The van der Waals surface area contributed by atoms with Crippen LogP contribution in [0.1, 0.15) is 32.1 Å². The van der Waals surface area contributed by atoms with Crippen LogP contribution in [-0.2, 0) is 6.54 Å². The summed E-state index contributed by atoms with van der Waals surface area (Å²) in [5, 5.41) is 4.91. The minimum Gasteiger partial charge on any atom is -0.368 e. The van der Waals surface area contributed by atoms with Gasteiger partial charge in [-0.25, -0.2) is 9.97 Å². The topological polar surface area (TPSA) is 69.6 Å². The van der Waals surface area contributed by atoms with Crippen LogP contribution in [0.3, 0.4) is 0 Å². The summed E-state index contributed by atoms with van der Waals surface area (Å²) in [5.41, 5.74) is 7.15. The van der Waals surface area contributed by atoms with E-state index in [1.807, 2.05) is 10.9 Å². The summed E-state index contributed by atoms with van der Waals surface area (Å²) in [6, 6.07) is 0. The van der Waals surface area contributed by atoms with Crippen molar-refractivity contribution in [3.8, 4) is 11.3 Å². The van der Waals surface area contributed by atoms with E-state index in [0.29, 0.717) is 10.7 Å². The third kappa shape index (κ3) is 2.93. The fourth-order valence-electron chi connectivity index (χ4n) is 2.80. The molecule has 2 aromatic heterocycles. The number of hydrogen-bond acceptors (Lipinski definition) is 4. The molecule has 0 saturated heterocycles. The molecular formula is C14H18ClN5. The molecule has 0 aliphatic heterocycles. The van der Waals surface area contributed by atoms with E-state index in [4.69, 9.17) is 17.3 Å². The van der Waals surface area contributed by atoms with Gasteiger partial charge < -0.3 is 5.73 Å². The molecule has 6 heteroatoms. The maximum absolute atomic E-state index is 6.11. The Balaban J connectivity index is 1.77. The summed E-state index contributed by atoms with van der Waals surface area (Å²) < 4.78 is 1.99. The fraction of sp³-hybridized carbons (Fsp3) is 0.500. The van der Waals surface area contributed by atoms with Gasteiger partial charge in [0.15, 0.2) is 0 Å². The lowest BCUT2D eigenvalue weighted by atomic mass is 9.89. The molecule has 3 rings (SSSR count). The zero-order valence-corrected chi connectivity index (χ0v) is 12.1. The molecule has 0 unspecified atom stereocenters. The number of anilines is 1. The summed E-state index contributed by atoms with van der Waals surface area (Å²) >= 11 is 6.11. The van der Waals surface area contributed by atoms with Crippen LogP contribution in [0.15, 0.2) is 18.6 Å². The van der Waals surface area contributed by atoms with Crippen molar-refractivity contribution in [2.24, 2.45) is 5.92 Å². The second kappa shape index (κ2) is 5.79. The molecule has 1 aliphatic rings. The van der Waals surface area contributed by atoms with Crippen LogP contribution in [0.5, 0.6) is 0 Å². The Kier molecular flexibility index (Phi) is 3.87. The van der Waals surface area contributed by atoms with Crippen LogP contribution in [-0.4, -0.2) is 19.7 Å². The lowest BCUT2D eigenvalue weighted by molar-refractivity contribution is 0.308. The summed E-state index contributed by atoms with van der Waals surface area (Å²) in [4.78, 5) is 8.06. The first-order chi connectivity index (χ1) is 9.72. The molecule has 2 N–H and O–H groups in total. The fourth-order valence-corrected chi connectivity index (χ4v) is 3.00. The molecule has 106 valence electrons. The van der Waals surface area contributed by atoms with E-state index in [-0.39, 0.29) is 5.95 Å². The number of nitrogen functional groups attached to an aromatic ring is 1. The normalized spacial score (nSPS) is 16.4. The van der Waals surface area contributed by atoms with Gasteiger partial charge in [0.1, 0.15) is 0 Å². The van der Waals surface area contributed by atoms with E-state index < -0.39 is 0 Å². The van der Waals surface area contributed by atoms with E-state index in [9.17, 15) is 0 Å². The van der Waals surface area contributed by atoms with E-state index in [0.717, 1.165) is 18.0 Å². The molecule has 0 amide bonds. The van der Waals surface area contributed by atoms with E-state index in [1.165, 1.54) is 38.3 Å². The highest BCUT2D eigenvalue weighted by Gasteiger charge is 2.15. The van der Waals surface area contributed by atoms with Gasteiger partial charge in [0.2, 0.25) is 5.95 Å². The Morgan fingerprint density at radius 1 is 1.25 bits per heavy atom. The SMILES string of the molecule is Nc1ncc(Cl)c(-c2cnn(CC3CCCCC3)c2)n1. The second-order valence-electron chi connectivity index (χ2n) is 5.38. The molecule has 2 heterocycles. The van der Waals surface area contributed by atoms with Gasteiger partial charge in [-0.05, 0) is 18.8 Å². The van der Waals surface area contributed by atoms with Crippen molar-refractivity contribution in [1.82, 2.24) is 19.7 Å². The van der Waals surface area contributed by atoms with Crippen LogP contribution < -0.4 is 5.73 Å². The van der Waals surface area contributed by atoms with Crippen LogP contribution in [0.2, 0.25) is 5.02 Å². The number of nitrogens with two attached hydrogens (primary N) is 1. The average molecular weight is 292 g/mol. The molecule has 1 aliphatic carbocycles. The Morgan fingerprint density at radius 2 is 2.05 bits per heavy atom. The van der Waals surface area contributed by atoms with Crippen molar-refractivity contribution in [2.75, 3.05) is 5.73 Å². The number of halogens is 1. The van der Waals surface area contributed by atoms with Gasteiger partial charge in [0.05, 0.1) is 23.1 Å². The van der Waals surface area contributed by atoms with Crippen molar-refractivity contribution >= 4 is 17.5 Å². The first-order valence-electron chi connectivity index (χ1n) is 7.03. The quantitative estimate of drug-likeness (QED) is 0.943. The number of aromatic nitrogens is 4. The Hall–Kier alpha value is -1.62. The molecule has 0 aromatic carbocycles. The highest BCUT2D eigenvalue weighted by Crippen LogP contribution is 2.27. The van der Waals surface area contributed by atoms with Crippen molar-refractivity contribution in [2.45, 2.75) is 38.6 Å². The highest BCUT2D eigenvalue weighted by molar-refractivity contribution is 6.32. The molecule has 2 aromatic rings. The van der Waals surface area contributed by atoms with Gasteiger partial charge >= 0.3 is 0 Å². The standard InChI is InChI=1S/C14H18ClN5/c15-12-7-17-14(16)19-13(12)11-6-18-20(9-11)8-10-4-2-1-3-5-10/h6-7,9-10H,1-5,8H2,(H2,16,17,19). The second-order valence-corrected chi connectivity index (χ2v) is 5.79. The Labute approximate surface area is 123 Å². The van der Waals surface area contributed by atoms with Crippen LogP contribution >= 0.6 is 11.6 Å². The Morgan fingerprint density at radius 3 is 2.85 bits per heavy atom. The maximum atomic E-state index is 6.11. The molecule has 20 heavy (non-hydrogen) atoms. The van der Waals surface area contributed by atoms with Gasteiger partial charge in [0.25, 0.3) is 0 Å². The van der Waals surface area contributed by atoms with Crippen molar-refractivity contribution in [3.63, 3.8) is 0 Å². The summed E-state index contributed by atoms with van der Waals surface area (Å²) in [6.45, 7) is 0.970. The van der Waals surface area contributed by atoms with E-state index in [1.54, 1.807) is 6.20 Å². The van der Waals surface area contributed by atoms with E-state index >= 15 is 0 Å². The molecule has 0 spiro atoms. The molecule has 1 saturated carbocycles. The van der Waals surface area contributed by atoms with Gasteiger partial charge in [0, 0.05) is 18.3 Å². The number of nitrogens with zero attached hydrogens (tertiary/aromatic N) is 4. The monoisotopic (exact) mass is 291 g/mol. The van der Waals surface area contributed by atoms with Gasteiger partial charge in [-0.1, -0.05) is 30.9 Å². The van der Waals surface area contributed by atoms with Crippen LogP contribution in [0.4, 0.5) is 5.95 Å². The third-order valence-corrected chi connectivity index (χ3v) is 4.12. The molecule has 0 atom stereocenters. The van der Waals surface area contributed by atoms with Crippen molar-refractivity contribution in [3.05, 3.63) is 23.6 Å². The zero-order chi connectivity index (χ0) is 13.9. The highest BCUT2D eigenvalue weighted by atomic mass is 35.5. The molecular weight excluding hydrogens is 274 g/mol. The minimum absolute atomic E-state index is 0.226. The lowest BCUT2D eigenvalue weighted by Crippen LogP contribution is -2.14. The molecule has 1 fully saturated rings. The van der Waals surface area contributed by atoms with Crippen molar-refractivity contribution < 1.29 is 0 Å². The van der Waals surface area contributed by atoms with Gasteiger partial charge in [-0.2, -0.15) is 5.10 Å². The molecule has 5 nitrogen and oxygen atoms in total. The largest absolute Gasteiger partial charge is 0.368 e. The summed E-state index contributed by atoms with van der Waals surface area (Å²) in [5.74, 6) is 0.965. The Bertz CT molecular complexity index is 589. The predicted octanol–water partition coefficient (Wildman–Crippen LogP) is 3.16. The van der Waals surface area contributed by atoms with Crippen LogP contribution in [0.25, 0.3) is 11.3 Å². The molecule has 0 radical (unpaired) electrons. The van der Waals surface area contributed by atoms with Gasteiger partial charge in [-0.3, -0.25) is 4.68 Å². The van der Waals surface area contributed by atoms with E-state index in [2.05, 4.69) is 15.1 Å². The molecule has 0 bridgehead atoms. The van der Waals surface area contributed by atoms with Gasteiger partial charge in [-0.15, -0.1) is 0 Å².